The molecule has 4 heteroatoms. The van der Waals surface area contributed by atoms with Crippen LogP contribution in [0.25, 0.3) is 0 Å². The van der Waals surface area contributed by atoms with Crippen molar-refractivity contribution < 1.29 is 0 Å². The van der Waals surface area contributed by atoms with Gasteiger partial charge in [-0.3, -0.25) is 0 Å². The molecule has 19 heavy (non-hydrogen) atoms. The largest absolute Gasteiger partial charge is 0.355 e. The summed E-state index contributed by atoms with van der Waals surface area (Å²) in [5.41, 5.74) is 2.51. The lowest BCUT2D eigenvalue weighted by Gasteiger charge is -2.32. The highest BCUT2D eigenvalue weighted by atomic mass is 32.2. The van der Waals surface area contributed by atoms with E-state index in [-0.39, 0.29) is 0 Å². The van der Waals surface area contributed by atoms with E-state index in [9.17, 15) is 0 Å². The normalized spacial score (nSPS) is 23.7. The SMILES string of the molecule is Cc1cc(CNC2CC2)cc(N2CCSC(C)C2)n1. The number of aromatic nitrogens is 1. The van der Waals surface area contributed by atoms with Gasteiger partial charge in [-0.15, -0.1) is 0 Å². The highest BCUT2D eigenvalue weighted by molar-refractivity contribution is 8.00. The Morgan fingerprint density at radius 3 is 3.00 bits per heavy atom. The molecule has 1 aromatic heterocycles. The van der Waals surface area contributed by atoms with Gasteiger partial charge in [-0.25, -0.2) is 4.98 Å². The van der Waals surface area contributed by atoms with Crippen LogP contribution in [0.3, 0.4) is 0 Å². The van der Waals surface area contributed by atoms with Crippen molar-refractivity contribution in [3.63, 3.8) is 0 Å². The van der Waals surface area contributed by atoms with Gasteiger partial charge in [0, 0.05) is 42.4 Å². The van der Waals surface area contributed by atoms with E-state index < -0.39 is 0 Å². The van der Waals surface area contributed by atoms with E-state index >= 15 is 0 Å². The molecule has 1 aromatic rings. The van der Waals surface area contributed by atoms with Crippen molar-refractivity contribution in [3.05, 3.63) is 23.4 Å². The third-order valence-corrected chi connectivity index (χ3v) is 4.87. The van der Waals surface area contributed by atoms with Gasteiger partial charge in [0.05, 0.1) is 0 Å². The van der Waals surface area contributed by atoms with Crippen LogP contribution in [-0.4, -0.2) is 35.1 Å². The summed E-state index contributed by atoms with van der Waals surface area (Å²) in [7, 11) is 0. The number of rotatable bonds is 4. The Morgan fingerprint density at radius 1 is 1.42 bits per heavy atom. The maximum atomic E-state index is 4.72. The van der Waals surface area contributed by atoms with Crippen LogP contribution in [0.5, 0.6) is 0 Å². The van der Waals surface area contributed by atoms with Crippen molar-refractivity contribution in [1.29, 1.82) is 0 Å². The number of nitrogens with zero attached hydrogens (tertiary/aromatic N) is 2. The van der Waals surface area contributed by atoms with Crippen LogP contribution in [0.4, 0.5) is 5.82 Å². The van der Waals surface area contributed by atoms with Crippen LogP contribution in [0.15, 0.2) is 12.1 Å². The number of anilines is 1. The second kappa shape index (κ2) is 5.71. The van der Waals surface area contributed by atoms with E-state index in [1.807, 2.05) is 0 Å². The molecule has 1 saturated heterocycles. The van der Waals surface area contributed by atoms with E-state index in [0.29, 0.717) is 5.25 Å². The summed E-state index contributed by atoms with van der Waals surface area (Å²) in [4.78, 5) is 7.16. The number of pyridine rings is 1. The number of hydrogen-bond acceptors (Lipinski definition) is 4. The van der Waals surface area contributed by atoms with Crippen molar-refractivity contribution in [2.45, 2.75) is 44.5 Å². The second-order valence-corrected chi connectivity index (χ2v) is 7.30. The summed E-state index contributed by atoms with van der Waals surface area (Å²) in [5.74, 6) is 2.38. The smallest absolute Gasteiger partial charge is 0.129 e. The van der Waals surface area contributed by atoms with Crippen LogP contribution >= 0.6 is 11.8 Å². The van der Waals surface area contributed by atoms with Gasteiger partial charge >= 0.3 is 0 Å². The van der Waals surface area contributed by atoms with Crippen LogP contribution in [0.1, 0.15) is 31.0 Å². The Bertz CT molecular complexity index is 445. The minimum absolute atomic E-state index is 0.712. The van der Waals surface area contributed by atoms with E-state index in [1.54, 1.807) is 0 Å². The first kappa shape index (κ1) is 13.3. The number of nitrogens with one attached hydrogen (secondary N) is 1. The average Bonchev–Trinajstić information content (AvgIpc) is 3.20. The lowest BCUT2D eigenvalue weighted by Crippen LogP contribution is -2.37. The van der Waals surface area contributed by atoms with E-state index in [0.717, 1.165) is 31.4 Å². The zero-order valence-corrected chi connectivity index (χ0v) is 12.7. The molecule has 2 fully saturated rings. The first-order valence-electron chi connectivity index (χ1n) is 7.28. The summed E-state index contributed by atoms with van der Waals surface area (Å²) in [6.45, 7) is 7.64. The summed E-state index contributed by atoms with van der Waals surface area (Å²) in [6.07, 6.45) is 2.69. The zero-order chi connectivity index (χ0) is 13.2. The molecule has 104 valence electrons. The minimum atomic E-state index is 0.712. The molecule has 0 aromatic carbocycles. The monoisotopic (exact) mass is 277 g/mol. The fourth-order valence-electron chi connectivity index (χ4n) is 2.56. The van der Waals surface area contributed by atoms with Gasteiger partial charge in [0.15, 0.2) is 0 Å². The molecular weight excluding hydrogens is 254 g/mol. The Kier molecular flexibility index (Phi) is 3.99. The van der Waals surface area contributed by atoms with Crippen molar-refractivity contribution in [2.75, 3.05) is 23.7 Å². The van der Waals surface area contributed by atoms with Crippen LogP contribution < -0.4 is 10.2 Å². The summed E-state index contributed by atoms with van der Waals surface area (Å²) >= 11 is 2.07. The number of thioether (sulfide) groups is 1. The Morgan fingerprint density at radius 2 is 2.26 bits per heavy atom. The average molecular weight is 277 g/mol. The molecule has 2 aliphatic rings. The molecule has 1 aliphatic heterocycles. The first-order chi connectivity index (χ1) is 9.20. The molecule has 0 spiro atoms. The minimum Gasteiger partial charge on any atom is -0.355 e. The van der Waals surface area contributed by atoms with Gasteiger partial charge in [0.1, 0.15) is 5.82 Å². The van der Waals surface area contributed by atoms with Crippen molar-refractivity contribution in [2.24, 2.45) is 0 Å². The predicted octanol–water partition coefficient (Wildman–Crippen LogP) is 2.58. The van der Waals surface area contributed by atoms with Gasteiger partial charge in [0.2, 0.25) is 0 Å². The molecule has 1 saturated carbocycles. The van der Waals surface area contributed by atoms with Crippen molar-refractivity contribution in [1.82, 2.24) is 10.3 Å². The molecule has 0 bridgehead atoms. The van der Waals surface area contributed by atoms with E-state index in [2.05, 4.69) is 48.0 Å². The van der Waals surface area contributed by atoms with Crippen LogP contribution in [0.2, 0.25) is 0 Å². The molecule has 2 heterocycles. The van der Waals surface area contributed by atoms with E-state index in [4.69, 9.17) is 4.98 Å². The van der Waals surface area contributed by atoms with Crippen LogP contribution in [0, 0.1) is 6.92 Å². The van der Waals surface area contributed by atoms with Gasteiger partial charge in [0.25, 0.3) is 0 Å². The van der Waals surface area contributed by atoms with Gasteiger partial charge in [-0.05, 0) is 37.5 Å². The van der Waals surface area contributed by atoms with Crippen molar-refractivity contribution in [3.8, 4) is 0 Å². The van der Waals surface area contributed by atoms with E-state index in [1.165, 1.54) is 30.0 Å². The fourth-order valence-corrected chi connectivity index (χ4v) is 3.57. The van der Waals surface area contributed by atoms with Crippen molar-refractivity contribution >= 4 is 17.6 Å². The summed E-state index contributed by atoms with van der Waals surface area (Å²) in [5, 5.41) is 4.30. The lowest BCUT2D eigenvalue weighted by molar-refractivity contribution is 0.685. The molecule has 3 rings (SSSR count). The Labute approximate surface area is 120 Å². The van der Waals surface area contributed by atoms with Gasteiger partial charge in [-0.1, -0.05) is 6.92 Å². The molecule has 1 aliphatic carbocycles. The summed E-state index contributed by atoms with van der Waals surface area (Å²) in [6, 6.07) is 5.25. The molecular formula is C15H23N3S. The standard InChI is InChI=1S/C15H23N3S/c1-11-7-13(9-16-14-3-4-14)8-15(17-11)18-5-6-19-12(2)10-18/h7-8,12,14,16H,3-6,9-10H2,1-2H3. The topological polar surface area (TPSA) is 28.2 Å². The number of aryl methyl sites for hydroxylation is 1. The van der Waals surface area contributed by atoms with Gasteiger partial charge in [-0.2, -0.15) is 11.8 Å². The second-order valence-electron chi connectivity index (χ2n) is 5.76. The number of hydrogen-bond donors (Lipinski definition) is 1. The van der Waals surface area contributed by atoms with Gasteiger partial charge < -0.3 is 10.2 Å². The Balaban J connectivity index is 1.72. The molecule has 1 unspecified atom stereocenters. The maximum Gasteiger partial charge on any atom is 0.129 e. The quantitative estimate of drug-likeness (QED) is 0.915. The molecule has 1 atom stereocenters. The lowest BCUT2D eigenvalue weighted by atomic mass is 10.2. The van der Waals surface area contributed by atoms with Crippen LogP contribution in [-0.2, 0) is 6.54 Å². The zero-order valence-electron chi connectivity index (χ0n) is 11.9. The molecule has 0 radical (unpaired) electrons. The molecule has 1 N–H and O–H groups in total. The third-order valence-electron chi connectivity index (χ3n) is 3.74. The highest BCUT2D eigenvalue weighted by Gasteiger charge is 2.21. The predicted molar refractivity (Wildman–Crippen MR) is 83.0 cm³/mol. The molecule has 0 amide bonds. The highest BCUT2D eigenvalue weighted by Crippen LogP contribution is 2.24. The maximum absolute atomic E-state index is 4.72. The molecule has 3 nitrogen and oxygen atoms in total. The Hall–Kier alpha value is -0.740. The fraction of sp³-hybridized carbons (Fsp3) is 0.667. The first-order valence-corrected chi connectivity index (χ1v) is 8.33. The summed E-state index contributed by atoms with van der Waals surface area (Å²) < 4.78 is 0. The third kappa shape index (κ3) is 3.63.